The maximum absolute atomic E-state index is 12.9. The lowest BCUT2D eigenvalue weighted by atomic mass is 10.0. The van der Waals surface area contributed by atoms with Crippen molar-refractivity contribution < 1.29 is 28.6 Å². The summed E-state index contributed by atoms with van der Waals surface area (Å²) in [6.07, 6.45) is 87.3. The number of unbranched alkanes of at least 4 members (excludes halogenated alkanes) is 21. The number of carbonyl (C=O) groups is 3. The van der Waals surface area contributed by atoms with E-state index in [-0.39, 0.29) is 31.1 Å². The van der Waals surface area contributed by atoms with Crippen LogP contribution in [-0.4, -0.2) is 37.2 Å². The molecule has 0 N–H and O–H groups in total. The smallest absolute Gasteiger partial charge is 0.306 e. The van der Waals surface area contributed by atoms with Crippen LogP contribution in [0.1, 0.15) is 265 Å². The van der Waals surface area contributed by atoms with Gasteiger partial charge in [-0.05, 0) is 116 Å². The van der Waals surface area contributed by atoms with Crippen LogP contribution < -0.4 is 0 Å². The fraction of sp³-hybridized carbons (Fsp3) is 0.638. The zero-order chi connectivity index (χ0) is 54.3. The standard InChI is InChI=1S/C69H112O6/c1-4-7-10-13-16-19-22-25-27-29-30-31-32-33-34-35-36-37-38-40-41-44-47-50-53-56-59-62-68(71)74-65-66(64-73-67(70)61-58-55-52-49-46-43-24-21-18-15-12-9-6-3)75-69(72)63-60-57-54-51-48-45-42-39-28-26-23-20-17-14-11-8-5-2/h7-8,10-11,16-17,19-20,25-28,30-31,33-34,36-37,40-41,47,50,66H,4-6,9,12-15,18,21-24,29,32,35,38-39,42-46,48-49,51-65H2,1-3H3/b10-7-,11-8-,19-16-,20-17-,27-25-,28-26-,31-30-,34-33-,37-36-,41-40-,50-47-. The zero-order valence-corrected chi connectivity index (χ0v) is 48.5. The molecule has 1 unspecified atom stereocenters. The Labute approximate surface area is 462 Å². The summed E-state index contributed by atoms with van der Waals surface area (Å²) in [4.78, 5) is 38.2. The Morgan fingerprint density at radius 1 is 0.280 bits per heavy atom. The molecule has 424 valence electrons. The van der Waals surface area contributed by atoms with Crippen molar-refractivity contribution in [2.45, 2.75) is 271 Å². The lowest BCUT2D eigenvalue weighted by molar-refractivity contribution is -0.167. The molecule has 0 aromatic rings. The van der Waals surface area contributed by atoms with Gasteiger partial charge in [0.2, 0.25) is 0 Å². The number of carbonyl (C=O) groups excluding carboxylic acids is 3. The second-order valence-corrected chi connectivity index (χ2v) is 19.9. The number of ether oxygens (including phenoxy) is 3. The molecule has 0 aliphatic rings. The molecule has 0 fully saturated rings. The van der Waals surface area contributed by atoms with Crippen LogP contribution in [0.5, 0.6) is 0 Å². The summed E-state index contributed by atoms with van der Waals surface area (Å²) in [5, 5.41) is 0. The molecule has 0 aromatic heterocycles. The minimum absolute atomic E-state index is 0.0978. The molecule has 0 saturated carbocycles. The van der Waals surface area contributed by atoms with E-state index < -0.39 is 6.10 Å². The molecular formula is C69H112O6. The molecule has 6 heteroatoms. The van der Waals surface area contributed by atoms with Crippen LogP contribution in [0, 0.1) is 0 Å². The van der Waals surface area contributed by atoms with Crippen molar-refractivity contribution in [3.63, 3.8) is 0 Å². The molecule has 0 saturated heterocycles. The van der Waals surface area contributed by atoms with Crippen LogP contribution in [0.25, 0.3) is 0 Å². The summed E-state index contributed by atoms with van der Waals surface area (Å²) in [5.41, 5.74) is 0. The Morgan fingerprint density at radius 3 is 0.840 bits per heavy atom. The highest BCUT2D eigenvalue weighted by Gasteiger charge is 2.19. The molecule has 75 heavy (non-hydrogen) atoms. The first-order chi connectivity index (χ1) is 37.0. The highest BCUT2D eigenvalue weighted by Crippen LogP contribution is 2.15. The fourth-order valence-electron chi connectivity index (χ4n) is 8.12. The summed E-state index contributed by atoms with van der Waals surface area (Å²) in [5.74, 6) is -0.953. The van der Waals surface area contributed by atoms with Gasteiger partial charge >= 0.3 is 17.9 Å². The monoisotopic (exact) mass is 1040 g/mol. The maximum atomic E-state index is 12.9. The average Bonchev–Trinajstić information content (AvgIpc) is 3.41. The zero-order valence-electron chi connectivity index (χ0n) is 48.5. The molecule has 0 bridgehead atoms. The van der Waals surface area contributed by atoms with Gasteiger partial charge in [0.25, 0.3) is 0 Å². The number of rotatable bonds is 54. The predicted octanol–water partition coefficient (Wildman–Crippen LogP) is 21.0. The molecule has 1 atom stereocenters. The Bertz CT molecular complexity index is 1620. The molecule has 0 rings (SSSR count). The van der Waals surface area contributed by atoms with Gasteiger partial charge in [-0.1, -0.05) is 264 Å². The van der Waals surface area contributed by atoms with Crippen LogP contribution in [0.3, 0.4) is 0 Å². The van der Waals surface area contributed by atoms with Crippen LogP contribution in [0.4, 0.5) is 0 Å². The number of allylic oxidation sites excluding steroid dienone is 22. The summed E-state index contributed by atoms with van der Waals surface area (Å²) >= 11 is 0. The third-order valence-corrected chi connectivity index (χ3v) is 12.7. The highest BCUT2D eigenvalue weighted by atomic mass is 16.6. The van der Waals surface area contributed by atoms with Crippen LogP contribution in [0.2, 0.25) is 0 Å². The van der Waals surface area contributed by atoms with E-state index in [1.165, 1.54) is 89.9 Å². The minimum Gasteiger partial charge on any atom is -0.462 e. The van der Waals surface area contributed by atoms with E-state index in [0.717, 1.165) is 128 Å². The van der Waals surface area contributed by atoms with E-state index in [1.54, 1.807) is 0 Å². The van der Waals surface area contributed by atoms with Gasteiger partial charge in [-0.2, -0.15) is 0 Å². The second-order valence-electron chi connectivity index (χ2n) is 19.9. The van der Waals surface area contributed by atoms with Gasteiger partial charge in [-0.25, -0.2) is 0 Å². The van der Waals surface area contributed by atoms with Crippen molar-refractivity contribution >= 4 is 17.9 Å². The summed E-state index contributed by atoms with van der Waals surface area (Å²) in [6.45, 7) is 6.37. The van der Waals surface area contributed by atoms with Gasteiger partial charge < -0.3 is 14.2 Å². The molecule has 0 spiro atoms. The molecule has 0 amide bonds. The van der Waals surface area contributed by atoms with Gasteiger partial charge in [0, 0.05) is 19.3 Å². The lowest BCUT2D eigenvalue weighted by Gasteiger charge is -2.18. The predicted molar refractivity (Wildman–Crippen MR) is 325 cm³/mol. The van der Waals surface area contributed by atoms with Gasteiger partial charge in [0.1, 0.15) is 13.2 Å². The molecule has 0 heterocycles. The van der Waals surface area contributed by atoms with Crippen LogP contribution >= 0.6 is 0 Å². The van der Waals surface area contributed by atoms with Gasteiger partial charge in [-0.15, -0.1) is 0 Å². The largest absolute Gasteiger partial charge is 0.462 e. The summed E-state index contributed by atoms with van der Waals surface area (Å²) < 4.78 is 16.9. The van der Waals surface area contributed by atoms with E-state index in [4.69, 9.17) is 14.2 Å². The van der Waals surface area contributed by atoms with Crippen molar-refractivity contribution in [1.82, 2.24) is 0 Å². The third-order valence-electron chi connectivity index (χ3n) is 12.7. The van der Waals surface area contributed by atoms with Crippen LogP contribution in [-0.2, 0) is 28.6 Å². The van der Waals surface area contributed by atoms with Crippen LogP contribution in [0.15, 0.2) is 134 Å². The minimum atomic E-state index is -0.805. The number of esters is 3. The Kier molecular flexibility index (Phi) is 58.4. The van der Waals surface area contributed by atoms with E-state index >= 15 is 0 Å². The fourth-order valence-corrected chi connectivity index (χ4v) is 8.12. The topological polar surface area (TPSA) is 78.9 Å². The van der Waals surface area contributed by atoms with Gasteiger partial charge in [0.15, 0.2) is 6.10 Å². The van der Waals surface area contributed by atoms with E-state index in [1.807, 2.05) is 0 Å². The van der Waals surface area contributed by atoms with E-state index in [9.17, 15) is 14.4 Å². The van der Waals surface area contributed by atoms with Crippen molar-refractivity contribution in [3.8, 4) is 0 Å². The average molecular weight is 1040 g/mol. The number of hydrogen-bond donors (Lipinski definition) is 0. The van der Waals surface area contributed by atoms with Crippen molar-refractivity contribution in [3.05, 3.63) is 134 Å². The highest BCUT2D eigenvalue weighted by molar-refractivity contribution is 5.71. The van der Waals surface area contributed by atoms with Gasteiger partial charge in [0.05, 0.1) is 0 Å². The second kappa shape index (κ2) is 62.1. The van der Waals surface area contributed by atoms with Crippen molar-refractivity contribution in [1.29, 1.82) is 0 Å². The molecule has 6 nitrogen and oxygen atoms in total. The number of hydrogen-bond acceptors (Lipinski definition) is 6. The van der Waals surface area contributed by atoms with E-state index in [2.05, 4.69) is 154 Å². The lowest BCUT2D eigenvalue weighted by Crippen LogP contribution is -2.30. The molecule has 0 radical (unpaired) electrons. The molecule has 0 aliphatic carbocycles. The SMILES string of the molecule is CC/C=C\C/C=C\C/C=C\C/C=C\C/C=C\C/C=C\C/C=C\C/C=C\CCCCC(=O)OCC(COC(=O)CCCCCCCCCCCCCCC)OC(=O)CCCCCCCCC/C=C\C/C=C\C/C=C\CC. The molecule has 0 aliphatic heterocycles. The van der Waals surface area contributed by atoms with Crippen molar-refractivity contribution in [2.75, 3.05) is 13.2 Å². The Balaban J connectivity index is 4.44. The maximum Gasteiger partial charge on any atom is 0.306 e. The first-order valence-corrected chi connectivity index (χ1v) is 30.7. The first kappa shape index (κ1) is 70.5. The Morgan fingerprint density at radius 2 is 0.520 bits per heavy atom. The molecule has 0 aromatic carbocycles. The molecular weight excluding hydrogens is 925 g/mol. The van der Waals surface area contributed by atoms with Gasteiger partial charge in [-0.3, -0.25) is 14.4 Å². The summed E-state index contributed by atoms with van der Waals surface area (Å²) in [6, 6.07) is 0. The Hall–Kier alpha value is -4.45. The third kappa shape index (κ3) is 60.3. The quantitative estimate of drug-likeness (QED) is 0.0261. The van der Waals surface area contributed by atoms with E-state index in [0.29, 0.717) is 25.7 Å². The summed E-state index contributed by atoms with van der Waals surface area (Å²) in [7, 11) is 0. The first-order valence-electron chi connectivity index (χ1n) is 30.7. The normalized spacial score (nSPS) is 13.1. The van der Waals surface area contributed by atoms with Crippen molar-refractivity contribution in [2.24, 2.45) is 0 Å².